The minimum atomic E-state index is -0.972. The molecular formula is C13H14N4O5. The van der Waals surface area contributed by atoms with E-state index in [4.69, 9.17) is 9.26 Å². The lowest BCUT2D eigenvalue weighted by Crippen LogP contribution is -2.30. The molecule has 0 spiro atoms. The van der Waals surface area contributed by atoms with Gasteiger partial charge < -0.3 is 24.7 Å². The molecule has 0 radical (unpaired) electrons. The van der Waals surface area contributed by atoms with Crippen LogP contribution in [0.5, 0.6) is 5.75 Å². The number of hydrogen-bond donors (Lipinski definition) is 1. The van der Waals surface area contributed by atoms with E-state index in [-0.39, 0.29) is 11.6 Å². The topological polar surface area (TPSA) is 120 Å². The summed E-state index contributed by atoms with van der Waals surface area (Å²) in [6.07, 6.45) is -0.972. The van der Waals surface area contributed by atoms with E-state index in [1.165, 1.54) is 13.0 Å². The highest BCUT2D eigenvalue weighted by Gasteiger charge is 2.23. The maximum Gasteiger partial charge on any atom is 0.406 e. The van der Waals surface area contributed by atoms with Gasteiger partial charge in [-0.05, 0) is 35.9 Å². The van der Waals surface area contributed by atoms with Crippen LogP contribution in [0, 0.1) is 24.0 Å². The van der Waals surface area contributed by atoms with Crippen LogP contribution in [0.3, 0.4) is 0 Å². The van der Waals surface area contributed by atoms with E-state index in [0.717, 1.165) is 0 Å². The first-order valence-corrected chi connectivity index (χ1v) is 6.39. The van der Waals surface area contributed by atoms with Crippen molar-refractivity contribution in [2.24, 2.45) is 0 Å². The van der Waals surface area contributed by atoms with Crippen molar-refractivity contribution >= 4 is 17.5 Å². The van der Waals surface area contributed by atoms with Gasteiger partial charge >= 0.3 is 5.82 Å². The Labute approximate surface area is 125 Å². The third-order valence-corrected chi connectivity index (χ3v) is 2.70. The van der Waals surface area contributed by atoms with Gasteiger partial charge in [-0.1, -0.05) is 5.16 Å². The van der Waals surface area contributed by atoms with Gasteiger partial charge in [0.15, 0.2) is 11.9 Å². The Balaban J connectivity index is 2.09. The summed E-state index contributed by atoms with van der Waals surface area (Å²) in [5.74, 6) is -0.230. The summed E-state index contributed by atoms with van der Waals surface area (Å²) < 4.78 is 10.2. The molecule has 9 heteroatoms. The van der Waals surface area contributed by atoms with E-state index in [1.807, 2.05) is 0 Å². The molecule has 0 saturated carbocycles. The SMILES string of the molecule is Cc1ccc(O[C@@H](C)C(=O)Nc2cc(C)on2)c([N+](=O)[O-])n1. The predicted molar refractivity (Wildman–Crippen MR) is 75.6 cm³/mol. The smallest absolute Gasteiger partial charge is 0.406 e. The lowest BCUT2D eigenvalue weighted by Gasteiger charge is -2.13. The Bertz CT molecular complexity index is 712. The van der Waals surface area contributed by atoms with Crippen LogP contribution in [0.4, 0.5) is 11.6 Å². The fourth-order valence-electron chi connectivity index (χ4n) is 1.65. The highest BCUT2D eigenvalue weighted by atomic mass is 16.6. The molecule has 1 atom stereocenters. The largest absolute Gasteiger partial charge is 0.473 e. The predicted octanol–water partition coefficient (Wildman–Crippen LogP) is 2.00. The van der Waals surface area contributed by atoms with Crippen LogP contribution in [0.1, 0.15) is 18.4 Å². The molecule has 9 nitrogen and oxygen atoms in total. The van der Waals surface area contributed by atoms with Crippen molar-refractivity contribution in [2.75, 3.05) is 5.32 Å². The van der Waals surface area contributed by atoms with Crippen LogP contribution in [0.15, 0.2) is 22.7 Å². The molecule has 1 amide bonds. The van der Waals surface area contributed by atoms with Crippen molar-refractivity contribution in [1.29, 1.82) is 0 Å². The number of nitrogens with zero attached hydrogens (tertiary/aromatic N) is 3. The van der Waals surface area contributed by atoms with Crippen molar-refractivity contribution < 1.29 is 19.0 Å². The number of carbonyl (C=O) groups is 1. The average molecular weight is 306 g/mol. The number of ether oxygens (including phenoxy) is 1. The first-order valence-electron chi connectivity index (χ1n) is 6.39. The van der Waals surface area contributed by atoms with E-state index in [0.29, 0.717) is 11.5 Å². The number of anilines is 1. The quantitative estimate of drug-likeness (QED) is 0.662. The van der Waals surface area contributed by atoms with Crippen LogP contribution in [-0.2, 0) is 4.79 Å². The first-order chi connectivity index (χ1) is 10.4. The number of carbonyl (C=O) groups excluding carboxylic acids is 1. The number of nitro groups is 1. The van der Waals surface area contributed by atoms with Crippen LogP contribution in [0.25, 0.3) is 0 Å². The average Bonchev–Trinajstić information content (AvgIpc) is 2.85. The number of amides is 1. The Kier molecular flexibility index (Phi) is 4.35. The van der Waals surface area contributed by atoms with Crippen LogP contribution < -0.4 is 10.1 Å². The maximum absolute atomic E-state index is 12.0. The van der Waals surface area contributed by atoms with Crippen molar-refractivity contribution in [2.45, 2.75) is 26.9 Å². The molecule has 2 aromatic rings. The van der Waals surface area contributed by atoms with Crippen molar-refractivity contribution in [3.05, 3.63) is 39.8 Å². The Morgan fingerprint density at radius 3 is 2.77 bits per heavy atom. The van der Waals surface area contributed by atoms with Gasteiger partial charge in [-0.15, -0.1) is 0 Å². The lowest BCUT2D eigenvalue weighted by atomic mass is 10.3. The Hall–Kier alpha value is -2.97. The molecule has 2 heterocycles. The van der Waals surface area contributed by atoms with Gasteiger partial charge in [0.1, 0.15) is 11.5 Å². The summed E-state index contributed by atoms with van der Waals surface area (Å²) in [5.41, 5.74) is 0.481. The zero-order valence-corrected chi connectivity index (χ0v) is 12.2. The molecular weight excluding hydrogens is 292 g/mol. The van der Waals surface area contributed by atoms with Gasteiger partial charge in [0.25, 0.3) is 5.91 Å². The van der Waals surface area contributed by atoms with E-state index >= 15 is 0 Å². The summed E-state index contributed by atoms with van der Waals surface area (Å²) in [5, 5.41) is 17.1. The van der Waals surface area contributed by atoms with Gasteiger partial charge in [-0.25, -0.2) is 0 Å². The van der Waals surface area contributed by atoms with Crippen LogP contribution in [-0.4, -0.2) is 27.1 Å². The van der Waals surface area contributed by atoms with Crippen LogP contribution >= 0.6 is 0 Å². The van der Waals surface area contributed by atoms with E-state index in [9.17, 15) is 14.9 Å². The summed E-state index contributed by atoms with van der Waals surface area (Å²) in [6.45, 7) is 4.77. The standard InChI is InChI=1S/C13H14N4O5/c1-7-4-5-10(12(14-7)17(19)20)21-9(3)13(18)15-11-6-8(2)22-16-11/h4-6,9H,1-3H3,(H,15,16,18)/t9-/m0/s1. The number of rotatable bonds is 5. The van der Waals surface area contributed by atoms with Crippen molar-refractivity contribution in [1.82, 2.24) is 10.1 Å². The van der Waals surface area contributed by atoms with Crippen molar-refractivity contribution in [3.8, 4) is 5.75 Å². The summed E-state index contributed by atoms with van der Waals surface area (Å²) in [7, 11) is 0. The molecule has 0 aliphatic rings. The molecule has 2 aromatic heterocycles. The summed E-state index contributed by atoms with van der Waals surface area (Å²) in [4.78, 5) is 26.1. The van der Waals surface area contributed by atoms with E-state index in [1.54, 1.807) is 26.0 Å². The molecule has 0 bridgehead atoms. The normalized spacial score (nSPS) is 11.8. The second-order valence-electron chi connectivity index (χ2n) is 4.60. The lowest BCUT2D eigenvalue weighted by molar-refractivity contribution is -0.390. The molecule has 116 valence electrons. The van der Waals surface area contributed by atoms with E-state index in [2.05, 4.69) is 15.5 Å². The molecule has 0 fully saturated rings. The minimum Gasteiger partial charge on any atom is -0.473 e. The number of pyridine rings is 1. The highest BCUT2D eigenvalue weighted by molar-refractivity contribution is 5.93. The molecule has 0 aliphatic heterocycles. The first kappa shape index (κ1) is 15.4. The minimum absolute atomic E-state index is 0.0745. The molecule has 2 rings (SSSR count). The number of hydrogen-bond acceptors (Lipinski definition) is 7. The molecule has 1 N–H and O–H groups in total. The monoisotopic (exact) mass is 306 g/mol. The van der Waals surface area contributed by atoms with Crippen LogP contribution in [0.2, 0.25) is 0 Å². The van der Waals surface area contributed by atoms with Gasteiger partial charge in [-0.3, -0.25) is 4.79 Å². The van der Waals surface area contributed by atoms with Gasteiger partial charge in [-0.2, -0.15) is 0 Å². The fraction of sp³-hybridized carbons (Fsp3) is 0.308. The maximum atomic E-state index is 12.0. The third kappa shape index (κ3) is 3.57. The third-order valence-electron chi connectivity index (χ3n) is 2.70. The van der Waals surface area contributed by atoms with Gasteiger partial charge in [0, 0.05) is 13.0 Å². The second kappa shape index (κ2) is 6.20. The number of nitrogens with one attached hydrogen (secondary N) is 1. The van der Waals surface area contributed by atoms with Gasteiger partial charge in [0.05, 0.1) is 0 Å². The molecule has 0 unspecified atom stereocenters. The fourth-order valence-corrected chi connectivity index (χ4v) is 1.65. The van der Waals surface area contributed by atoms with E-state index < -0.39 is 22.8 Å². The molecule has 0 aliphatic carbocycles. The zero-order chi connectivity index (χ0) is 16.3. The second-order valence-corrected chi connectivity index (χ2v) is 4.60. The Morgan fingerprint density at radius 2 is 2.18 bits per heavy atom. The Morgan fingerprint density at radius 1 is 1.45 bits per heavy atom. The molecule has 0 saturated heterocycles. The molecule has 0 aromatic carbocycles. The van der Waals surface area contributed by atoms with Crippen molar-refractivity contribution in [3.63, 3.8) is 0 Å². The van der Waals surface area contributed by atoms with Gasteiger partial charge in [0.2, 0.25) is 5.75 Å². The molecule has 22 heavy (non-hydrogen) atoms. The number of aromatic nitrogens is 2. The summed E-state index contributed by atoms with van der Waals surface area (Å²) in [6, 6.07) is 4.51. The highest BCUT2D eigenvalue weighted by Crippen LogP contribution is 2.25. The zero-order valence-electron chi connectivity index (χ0n) is 12.2. The summed E-state index contributed by atoms with van der Waals surface area (Å²) >= 11 is 0. The number of aryl methyl sites for hydroxylation is 2.